The summed E-state index contributed by atoms with van der Waals surface area (Å²) in [5.74, 6) is 0. The van der Waals surface area contributed by atoms with Gasteiger partial charge in [0.25, 0.3) is 0 Å². The summed E-state index contributed by atoms with van der Waals surface area (Å²) in [5, 5.41) is 8.34. The van der Waals surface area contributed by atoms with Crippen molar-refractivity contribution in [2.75, 3.05) is 6.61 Å². The predicted octanol–water partition coefficient (Wildman–Crippen LogP) is 1.29. The maximum atomic E-state index is 8.34. The molecule has 0 fully saturated rings. The summed E-state index contributed by atoms with van der Waals surface area (Å²) in [6, 6.07) is 0. The molecule has 0 aliphatic carbocycles. The van der Waals surface area contributed by atoms with Crippen LogP contribution in [0.25, 0.3) is 0 Å². The van der Waals surface area contributed by atoms with Crippen molar-refractivity contribution in [1.29, 1.82) is 0 Å². The minimum atomic E-state index is 0. The van der Waals surface area contributed by atoms with Crippen LogP contribution in [0.3, 0.4) is 0 Å². The summed E-state index contributed by atoms with van der Waals surface area (Å²) in [4.78, 5) is 0. The van der Waals surface area contributed by atoms with Gasteiger partial charge in [-0.15, -0.1) is 0 Å². The summed E-state index contributed by atoms with van der Waals surface area (Å²) >= 11 is 0. The van der Waals surface area contributed by atoms with Gasteiger partial charge in [-0.2, -0.15) is 0 Å². The third-order valence-corrected chi connectivity index (χ3v) is 1.25. The lowest BCUT2D eigenvalue weighted by Gasteiger charge is -1.89. The largest absolute Gasteiger partial charge is 0.412 e. The van der Waals surface area contributed by atoms with Crippen molar-refractivity contribution in [3.63, 3.8) is 0 Å². The molecule has 0 atom stereocenters. The van der Waals surface area contributed by atoms with Crippen LogP contribution in [0.2, 0.25) is 0 Å². The Kier molecular flexibility index (Phi) is 14.1. The van der Waals surface area contributed by atoms with E-state index < -0.39 is 0 Å². The molecule has 0 heterocycles. The minimum absolute atomic E-state index is 0. The van der Waals surface area contributed by atoms with E-state index in [4.69, 9.17) is 5.11 Å². The maximum absolute atomic E-state index is 8.34. The SMILES string of the molecule is CCCCCC=CCO.O. The summed E-state index contributed by atoms with van der Waals surface area (Å²) < 4.78 is 0. The predicted molar refractivity (Wildman–Crippen MR) is 44.0 cm³/mol. The molecule has 0 radical (unpaired) electrons. The first-order valence-corrected chi connectivity index (χ1v) is 3.67. The molecule has 0 amide bonds. The molecule has 10 heavy (non-hydrogen) atoms. The number of hydrogen-bond acceptors (Lipinski definition) is 1. The third kappa shape index (κ3) is 10.6. The summed E-state index contributed by atoms with van der Waals surface area (Å²) in [5.41, 5.74) is 0. The van der Waals surface area contributed by atoms with Crippen LogP contribution in [0.1, 0.15) is 32.6 Å². The first kappa shape index (κ1) is 12.3. The molecular weight excluding hydrogens is 128 g/mol. The number of allylic oxidation sites excluding steroid dienone is 1. The van der Waals surface area contributed by atoms with E-state index in [1.807, 2.05) is 6.08 Å². The lowest BCUT2D eigenvalue weighted by Crippen LogP contribution is -1.73. The van der Waals surface area contributed by atoms with Gasteiger partial charge in [0.15, 0.2) is 0 Å². The van der Waals surface area contributed by atoms with Gasteiger partial charge in [0.1, 0.15) is 0 Å². The van der Waals surface area contributed by atoms with Crippen LogP contribution in [0.5, 0.6) is 0 Å². The molecule has 0 saturated heterocycles. The molecular formula is C8H18O2. The Morgan fingerprint density at radius 1 is 1.20 bits per heavy atom. The zero-order chi connectivity index (χ0) is 6.95. The lowest BCUT2D eigenvalue weighted by atomic mass is 10.2. The van der Waals surface area contributed by atoms with E-state index in [9.17, 15) is 0 Å². The molecule has 0 spiro atoms. The van der Waals surface area contributed by atoms with E-state index in [2.05, 4.69) is 6.92 Å². The van der Waals surface area contributed by atoms with Crippen LogP contribution < -0.4 is 0 Å². The molecule has 0 aliphatic rings. The third-order valence-electron chi connectivity index (χ3n) is 1.25. The van der Waals surface area contributed by atoms with Crippen molar-refractivity contribution in [1.82, 2.24) is 0 Å². The minimum Gasteiger partial charge on any atom is -0.412 e. The van der Waals surface area contributed by atoms with E-state index in [-0.39, 0.29) is 12.1 Å². The van der Waals surface area contributed by atoms with Crippen LogP contribution in [0.15, 0.2) is 12.2 Å². The van der Waals surface area contributed by atoms with E-state index in [0.29, 0.717) is 0 Å². The van der Waals surface area contributed by atoms with Gasteiger partial charge in [-0.05, 0) is 12.8 Å². The molecule has 0 saturated carbocycles. The van der Waals surface area contributed by atoms with Crippen molar-refractivity contribution in [2.45, 2.75) is 32.6 Å². The zero-order valence-electron chi connectivity index (χ0n) is 6.64. The van der Waals surface area contributed by atoms with Crippen LogP contribution in [-0.2, 0) is 0 Å². The van der Waals surface area contributed by atoms with Crippen molar-refractivity contribution < 1.29 is 10.6 Å². The summed E-state index contributed by atoms with van der Waals surface area (Å²) in [6.07, 6.45) is 8.79. The van der Waals surface area contributed by atoms with Gasteiger partial charge < -0.3 is 10.6 Å². The molecule has 0 unspecified atom stereocenters. The molecule has 0 aromatic rings. The van der Waals surface area contributed by atoms with Gasteiger partial charge in [0.2, 0.25) is 0 Å². The maximum Gasteiger partial charge on any atom is 0.0612 e. The van der Waals surface area contributed by atoms with E-state index in [0.717, 1.165) is 6.42 Å². The number of unbranched alkanes of at least 4 members (excludes halogenated alkanes) is 3. The molecule has 0 aromatic heterocycles. The van der Waals surface area contributed by atoms with Gasteiger partial charge in [-0.1, -0.05) is 31.9 Å². The molecule has 0 aromatic carbocycles. The Bertz CT molecular complexity index is 69.7. The first-order valence-electron chi connectivity index (χ1n) is 3.67. The second-order valence-corrected chi connectivity index (χ2v) is 2.15. The fourth-order valence-electron chi connectivity index (χ4n) is 0.705. The van der Waals surface area contributed by atoms with Crippen LogP contribution in [0.4, 0.5) is 0 Å². The number of rotatable bonds is 5. The smallest absolute Gasteiger partial charge is 0.0612 e. The number of aliphatic hydroxyl groups excluding tert-OH is 1. The lowest BCUT2D eigenvalue weighted by molar-refractivity contribution is 0.342. The fourth-order valence-corrected chi connectivity index (χ4v) is 0.705. The molecule has 0 rings (SSSR count). The molecule has 0 bridgehead atoms. The van der Waals surface area contributed by atoms with Crippen molar-refractivity contribution in [3.8, 4) is 0 Å². The van der Waals surface area contributed by atoms with Crippen LogP contribution in [-0.4, -0.2) is 17.2 Å². The molecule has 2 heteroatoms. The Morgan fingerprint density at radius 2 is 1.90 bits per heavy atom. The van der Waals surface area contributed by atoms with Gasteiger partial charge >= 0.3 is 0 Å². The molecule has 3 N–H and O–H groups in total. The Hall–Kier alpha value is -0.340. The highest BCUT2D eigenvalue weighted by Gasteiger charge is 1.79. The van der Waals surface area contributed by atoms with Crippen molar-refractivity contribution in [2.24, 2.45) is 0 Å². The van der Waals surface area contributed by atoms with Crippen molar-refractivity contribution in [3.05, 3.63) is 12.2 Å². The van der Waals surface area contributed by atoms with Crippen molar-refractivity contribution >= 4 is 0 Å². The highest BCUT2D eigenvalue weighted by Crippen LogP contribution is 1.98. The van der Waals surface area contributed by atoms with Crippen LogP contribution >= 0.6 is 0 Å². The first-order chi connectivity index (χ1) is 4.41. The van der Waals surface area contributed by atoms with Crippen LogP contribution in [0, 0.1) is 0 Å². The van der Waals surface area contributed by atoms with E-state index in [1.54, 1.807) is 6.08 Å². The van der Waals surface area contributed by atoms with Gasteiger partial charge in [-0.3, -0.25) is 0 Å². The van der Waals surface area contributed by atoms with Gasteiger partial charge in [0.05, 0.1) is 6.61 Å². The Labute approximate surface area is 62.9 Å². The standard InChI is InChI=1S/C8H16O.H2O/c1-2-3-4-5-6-7-8-9;/h6-7,9H,2-5,8H2,1H3;1H2. The zero-order valence-corrected chi connectivity index (χ0v) is 6.64. The Morgan fingerprint density at radius 3 is 2.40 bits per heavy atom. The second kappa shape index (κ2) is 11.5. The normalized spacial score (nSPS) is 9.80. The molecule has 0 aliphatic heterocycles. The monoisotopic (exact) mass is 146 g/mol. The quantitative estimate of drug-likeness (QED) is 0.461. The van der Waals surface area contributed by atoms with Gasteiger partial charge in [0, 0.05) is 0 Å². The van der Waals surface area contributed by atoms with E-state index in [1.165, 1.54) is 19.3 Å². The topological polar surface area (TPSA) is 51.7 Å². The van der Waals surface area contributed by atoms with E-state index >= 15 is 0 Å². The van der Waals surface area contributed by atoms with Gasteiger partial charge in [-0.25, -0.2) is 0 Å². The molecule has 2 nitrogen and oxygen atoms in total. The highest BCUT2D eigenvalue weighted by atomic mass is 16.2. The highest BCUT2D eigenvalue weighted by molar-refractivity contribution is 4.80. The number of hydrogen-bond donors (Lipinski definition) is 1. The Balaban J connectivity index is 0. The summed E-state index contributed by atoms with van der Waals surface area (Å²) in [6.45, 7) is 2.38. The fraction of sp³-hybridized carbons (Fsp3) is 0.750. The second-order valence-electron chi connectivity index (χ2n) is 2.15. The number of aliphatic hydroxyl groups is 1. The molecule has 62 valence electrons. The summed E-state index contributed by atoms with van der Waals surface area (Å²) in [7, 11) is 0. The average Bonchev–Trinajstić information content (AvgIpc) is 1.89. The average molecular weight is 146 g/mol.